The molecule has 4 nitrogen and oxygen atoms in total. The van der Waals surface area contributed by atoms with E-state index in [4.69, 9.17) is 5.21 Å². The van der Waals surface area contributed by atoms with Crippen molar-refractivity contribution in [2.75, 3.05) is 0 Å². The van der Waals surface area contributed by atoms with Gasteiger partial charge in [-0.2, -0.15) is 0 Å². The predicted molar refractivity (Wildman–Crippen MR) is 56.8 cm³/mol. The molecule has 5 heteroatoms. The lowest BCUT2D eigenvalue weighted by atomic mass is 10.2. The summed E-state index contributed by atoms with van der Waals surface area (Å²) in [5, 5.41) is 11.1. The van der Waals surface area contributed by atoms with Gasteiger partial charge in [0.25, 0.3) is 0 Å². The van der Waals surface area contributed by atoms with Crippen LogP contribution in [0.25, 0.3) is 11.4 Å². The second kappa shape index (κ2) is 4.48. The van der Waals surface area contributed by atoms with E-state index in [9.17, 15) is 4.39 Å². The molecular weight excluding hydrogens is 209 g/mol. The maximum absolute atomic E-state index is 13.2. The molecule has 1 N–H and O–H groups in total. The Balaban J connectivity index is 2.48. The van der Waals surface area contributed by atoms with Gasteiger partial charge < -0.3 is 5.21 Å². The number of oxime groups is 1. The highest BCUT2D eigenvalue weighted by Gasteiger charge is 2.05. The number of halogens is 1. The molecule has 16 heavy (non-hydrogen) atoms. The highest BCUT2D eigenvalue weighted by atomic mass is 19.1. The van der Waals surface area contributed by atoms with Gasteiger partial charge in [-0.1, -0.05) is 11.2 Å². The maximum atomic E-state index is 13.2. The van der Waals surface area contributed by atoms with Gasteiger partial charge in [-0.05, 0) is 24.3 Å². The largest absolute Gasteiger partial charge is 0.411 e. The van der Waals surface area contributed by atoms with Crippen molar-refractivity contribution in [2.45, 2.75) is 0 Å². The number of aromatic nitrogens is 2. The monoisotopic (exact) mass is 217 g/mol. The first-order valence-electron chi connectivity index (χ1n) is 4.56. The SMILES string of the molecule is ON=Cc1nc(-c2ccccn2)ccc1F. The summed E-state index contributed by atoms with van der Waals surface area (Å²) in [5.74, 6) is -0.544. The summed E-state index contributed by atoms with van der Waals surface area (Å²) in [6.07, 6.45) is 2.57. The highest BCUT2D eigenvalue weighted by Crippen LogP contribution is 2.14. The minimum absolute atomic E-state index is 0.0225. The second-order valence-electron chi connectivity index (χ2n) is 3.02. The molecule has 0 spiro atoms. The molecule has 0 atom stereocenters. The van der Waals surface area contributed by atoms with Gasteiger partial charge in [0, 0.05) is 6.20 Å². The van der Waals surface area contributed by atoms with E-state index in [-0.39, 0.29) is 5.69 Å². The summed E-state index contributed by atoms with van der Waals surface area (Å²) in [6.45, 7) is 0. The molecule has 2 aromatic rings. The summed E-state index contributed by atoms with van der Waals surface area (Å²) in [7, 11) is 0. The van der Waals surface area contributed by atoms with Crippen LogP contribution in [0, 0.1) is 5.82 Å². The fourth-order valence-corrected chi connectivity index (χ4v) is 1.26. The second-order valence-corrected chi connectivity index (χ2v) is 3.02. The Kier molecular flexibility index (Phi) is 2.86. The third kappa shape index (κ3) is 2.03. The summed E-state index contributed by atoms with van der Waals surface area (Å²) < 4.78 is 13.2. The molecule has 0 saturated carbocycles. The van der Waals surface area contributed by atoms with Crippen molar-refractivity contribution in [3.05, 3.63) is 48.0 Å². The van der Waals surface area contributed by atoms with Gasteiger partial charge in [-0.3, -0.25) is 4.98 Å². The molecule has 80 valence electrons. The lowest BCUT2D eigenvalue weighted by Gasteiger charge is -2.01. The molecule has 0 aliphatic rings. The van der Waals surface area contributed by atoms with Crippen LogP contribution in [0.3, 0.4) is 0 Å². The zero-order valence-electron chi connectivity index (χ0n) is 8.21. The molecule has 0 aliphatic carbocycles. The van der Waals surface area contributed by atoms with Crippen LogP contribution >= 0.6 is 0 Å². The van der Waals surface area contributed by atoms with Gasteiger partial charge in [0.2, 0.25) is 0 Å². The van der Waals surface area contributed by atoms with E-state index < -0.39 is 5.82 Å². The molecule has 0 amide bonds. The third-order valence-electron chi connectivity index (χ3n) is 1.98. The zero-order chi connectivity index (χ0) is 11.4. The number of rotatable bonds is 2. The van der Waals surface area contributed by atoms with Crippen molar-refractivity contribution in [1.29, 1.82) is 0 Å². The Labute approximate surface area is 91.1 Å². The molecular formula is C11H8FN3O. The molecule has 0 bridgehead atoms. The van der Waals surface area contributed by atoms with Gasteiger partial charge in [-0.15, -0.1) is 0 Å². The first-order chi connectivity index (χ1) is 7.81. The maximum Gasteiger partial charge on any atom is 0.150 e. The van der Waals surface area contributed by atoms with Crippen molar-refractivity contribution >= 4 is 6.21 Å². The van der Waals surface area contributed by atoms with Crippen LogP contribution in [0.2, 0.25) is 0 Å². The van der Waals surface area contributed by atoms with Crippen molar-refractivity contribution in [1.82, 2.24) is 9.97 Å². The number of nitrogens with zero attached hydrogens (tertiary/aromatic N) is 3. The normalized spacial score (nSPS) is 10.8. The smallest absolute Gasteiger partial charge is 0.150 e. The highest BCUT2D eigenvalue weighted by molar-refractivity contribution is 5.77. The lowest BCUT2D eigenvalue weighted by Crippen LogP contribution is -1.96. The van der Waals surface area contributed by atoms with Crippen molar-refractivity contribution in [2.24, 2.45) is 5.16 Å². The van der Waals surface area contributed by atoms with Gasteiger partial charge in [0.15, 0.2) is 5.82 Å². The molecule has 2 heterocycles. The summed E-state index contributed by atoms with van der Waals surface area (Å²) in [6, 6.07) is 8.14. The molecule has 0 fully saturated rings. The molecule has 2 rings (SSSR count). The first-order valence-corrected chi connectivity index (χ1v) is 4.56. The standard InChI is InChI=1S/C11H8FN3O/c12-8-4-5-10(15-11(8)7-14-16)9-3-1-2-6-13-9/h1-7,16H. The predicted octanol–water partition coefficient (Wildman–Crippen LogP) is 2.09. The van der Waals surface area contributed by atoms with E-state index >= 15 is 0 Å². The van der Waals surface area contributed by atoms with Crippen molar-refractivity contribution in [3.63, 3.8) is 0 Å². The van der Waals surface area contributed by atoms with E-state index in [0.29, 0.717) is 11.4 Å². The Morgan fingerprint density at radius 2 is 2.06 bits per heavy atom. The summed E-state index contributed by atoms with van der Waals surface area (Å²) >= 11 is 0. The average Bonchev–Trinajstić information content (AvgIpc) is 2.33. The summed E-state index contributed by atoms with van der Waals surface area (Å²) in [4.78, 5) is 8.07. The van der Waals surface area contributed by atoms with E-state index in [1.54, 1.807) is 18.3 Å². The average molecular weight is 217 g/mol. The molecule has 2 aromatic heterocycles. The number of hydrogen-bond donors (Lipinski definition) is 1. The quantitative estimate of drug-likeness (QED) is 0.476. The van der Waals surface area contributed by atoms with Crippen molar-refractivity contribution in [3.8, 4) is 11.4 Å². The van der Waals surface area contributed by atoms with Crippen LogP contribution in [0.15, 0.2) is 41.7 Å². The van der Waals surface area contributed by atoms with Crippen LogP contribution in [-0.2, 0) is 0 Å². The molecule has 0 saturated heterocycles. The van der Waals surface area contributed by atoms with Crippen LogP contribution in [0.1, 0.15) is 5.69 Å². The Bertz CT molecular complexity index is 514. The fourth-order valence-electron chi connectivity index (χ4n) is 1.26. The Morgan fingerprint density at radius 1 is 1.19 bits per heavy atom. The van der Waals surface area contributed by atoms with Gasteiger partial charge >= 0.3 is 0 Å². The van der Waals surface area contributed by atoms with E-state index in [1.165, 1.54) is 12.1 Å². The minimum Gasteiger partial charge on any atom is -0.411 e. The van der Waals surface area contributed by atoms with E-state index in [1.807, 2.05) is 6.07 Å². The molecule has 0 radical (unpaired) electrons. The fraction of sp³-hybridized carbons (Fsp3) is 0. The number of pyridine rings is 2. The summed E-state index contributed by atoms with van der Waals surface area (Å²) in [5.41, 5.74) is 1.14. The third-order valence-corrected chi connectivity index (χ3v) is 1.98. The number of hydrogen-bond acceptors (Lipinski definition) is 4. The first kappa shape index (κ1) is 10.2. The molecule has 0 aromatic carbocycles. The van der Waals surface area contributed by atoms with Gasteiger partial charge in [-0.25, -0.2) is 9.37 Å². The van der Waals surface area contributed by atoms with Crippen LogP contribution in [-0.4, -0.2) is 21.4 Å². The van der Waals surface area contributed by atoms with Gasteiger partial charge in [0.1, 0.15) is 5.69 Å². The van der Waals surface area contributed by atoms with Crippen LogP contribution in [0.4, 0.5) is 4.39 Å². The van der Waals surface area contributed by atoms with Crippen LogP contribution in [0.5, 0.6) is 0 Å². The Morgan fingerprint density at radius 3 is 2.75 bits per heavy atom. The zero-order valence-corrected chi connectivity index (χ0v) is 8.21. The minimum atomic E-state index is -0.544. The topological polar surface area (TPSA) is 58.4 Å². The van der Waals surface area contributed by atoms with E-state index in [0.717, 1.165) is 6.21 Å². The lowest BCUT2D eigenvalue weighted by molar-refractivity contribution is 0.321. The van der Waals surface area contributed by atoms with Gasteiger partial charge in [0.05, 0.1) is 17.6 Å². The molecule has 0 unspecified atom stereocenters. The molecule has 0 aliphatic heterocycles. The van der Waals surface area contributed by atoms with Crippen molar-refractivity contribution < 1.29 is 9.60 Å². The Hall–Kier alpha value is -2.30. The van der Waals surface area contributed by atoms with E-state index in [2.05, 4.69) is 15.1 Å². The van der Waals surface area contributed by atoms with Crippen LogP contribution < -0.4 is 0 Å².